The fourth-order valence-corrected chi connectivity index (χ4v) is 2.59. The molecule has 0 spiro atoms. The molecule has 0 unspecified atom stereocenters. The van der Waals surface area contributed by atoms with Gasteiger partial charge < -0.3 is 15.5 Å². The lowest BCUT2D eigenvalue weighted by Gasteiger charge is -2.14. The topological polar surface area (TPSA) is 57.3 Å². The molecule has 1 heterocycles. The second kappa shape index (κ2) is 9.18. The summed E-state index contributed by atoms with van der Waals surface area (Å²) in [6, 6.07) is 11.7. The van der Waals surface area contributed by atoms with Crippen molar-refractivity contribution >= 4 is 17.4 Å². The van der Waals surface area contributed by atoms with Gasteiger partial charge in [0.2, 0.25) is 0 Å². The maximum Gasteiger partial charge on any atom is 0.251 e. The predicted molar refractivity (Wildman–Crippen MR) is 104 cm³/mol. The van der Waals surface area contributed by atoms with E-state index >= 15 is 0 Å². The second-order valence-corrected chi connectivity index (χ2v) is 6.71. The van der Waals surface area contributed by atoms with Gasteiger partial charge in [0.25, 0.3) is 5.91 Å². The molecule has 1 aromatic carbocycles. The zero-order valence-electron chi connectivity index (χ0n) is 15.5. The van der Waals surface area contributed by atoms with E-state index in [1.807, 2.05) is 32.3 Å². The molecule has 0 bridgehead atoms. The van der Waals surface area contributed by atoms with Gasteiger partial charge in [-0.3, -0.25) is 4.79 Å². The minimum Gasteiger partial charge on any atom is -0.352 e. The third-order valence-electron chi connectivity index (χ3n) is 3.94. The van der Waals surface area contributed by atoms with Crippen LogP contribution in [0.2, 0.25) is 0 Å². The van der Waals surface area contributed by atoms with Gasteiger partial charge in [0.15, 0.2) is 0 Å². The van der Waals surface area contributed by atoms with Crippen LogP contribution in [0.4, 0.5) is 11.5 Å². The van der Waals surface area contributed by atoms with Crippen molar-refractivity contribution in [1.29, 1.82) is 0 Å². The summed E-state index contributed by atoms with van der Waals surface area (Å²) in [4.78, 5) is 18.7. The Morgan fingerprint density at radius 2 is 1.96 bits per heavy atom. The van der Waals surface area contributed by atoms with E-state index < -0.39 is 0 Å². The van der Waals surface area contributed by atoms with E-state index in [4.69, 9.17) is 0 Å². The number of amides is 1. The van der Waals surface area contributed by atoms with Gasteiger partial charge in [-0.1, -0.05) is 32.0 Å². The summed E-state index contributed by atoms with van der Waals surface area (Å²) in [5.74, 6) is 1.02. The van der Waals surface area contributed by atoms with Crippen LogP contribution in [-0.2, 0) is 0 Å². The Labute approximate surface area is 150 Å². The normalized spacial score (nSPS) is 11.0. The van der Waals surface area contributed by atoms with E-state index in [0.29, 0.717) is 23.8 Å². The highest BCUT2D eigenvalue weighted by Gasteiger charge is 2.09. The van der Waals surface area contributed by atoms with Crippen LogP contribution in [-0.4, -0.2) is 43.0 Å². The van der Waals surface area contributed by atoms with Crippen LogP contribution in [0.25, 0.3) is 0 Å². The van der Waals surface area contributed by atoms with Crippen molar-refractivity contribution in [3.63, 3.8) is 0 Å². The lowest BCUT2D eigenvalue weighted by atomic mass is 10.0. The number of benzene rings is 1. The average molecular weight is 340 g/mol. The quantitative estimate of drug-likeness (QED) is 0.721. The predicted octanol–water partition coefficient (Wildman–Crippen LogP) is 3.63. The zero-order valence-corrected chi connectivity index (χ0v) is 15.5. The highest BCUT2D eigenvalue weighted by atomic mass is 16.1. The number of aromatic nitrogens is 1. The fraction of sp³-hybridized carbons (Fsp3) is 0.400. The third-order valence-corrected chi connectivity index (χ3v) is 3.94. The maximum absolute atomic E-state index is 12.3. The standard InChI is InChI=1S/C20H28N4O/c1-15(2)17-8-5-6-9-18(17)23-19-14-16(10-12-21-19)20(25)22-11-7-13-24(3)4/h5-6,8-10,12,14-15H,7,11,13H2,1-4H3,(H,21,23)(H,22,25). The number of hydrogen-bond donors (Lipinski definition) is 2. The smallest absolute Gasteiger partial charge is 0.251 e. The second-order valence-electron chi connectivity index (χ2n) is 6.71. The summed E-state index contributed by atoms with van der Waals surface area (Å²) >= 11 is 0. The van der Waals surface area contributed by atoms with E-state index in [1.54, 1.807) is 18.3 Å². The van der Waals surface area contributed by atoms with Gasteiger partial charge in [0.05, 0.1) is 0 Å². The number of nitrogens with one attached hydrogen (secondary N) is 2. The van der Waals surface area contributed by atoms with Crippen LogP contribution in [0.15, 0.2) is 42.6 Å². The number of hydrogen-bond acceptors (Lipinski definition) is 4. The highest BCUT2D eigenvalue weighted by molar-refractivity contribution is 5.94. The van der Waals surface area contributed by atoms with E-state index in [2.05, 4.69) is 40.4 Å². The number of para-hydroxylation sites is 1. The van der Waals surface area contributed by atoms with Crippen molar-refractivity contribution in [1.82, 2.24) is 15.2 Å². The largest absolute Gasteiger partial charge is 0.352 e. The van der Waals surface area contributed by atoms with Crippen LogP contribution in [0.5, 0.6) is 0 Å². The molecule has 134 valence electrons. The van der Waals surface area contributed by atoms with E-state index in [-0.39, 0.29) is 5.91 Å². The van der Waals surface area contributed by atoms with Crippen molar-refractivity contribution in [2.45, 2.75) is 26.2 Å². The SMILES string of the molecule is CC(C)c1ccccc1Nc1cc(C(=O)NCCCN(C)C)ccn1. The third kappa shape index (κ3) is 5.87. The molecule has 5 heteroatoms. The van der Waals surface area contributed by atoms with Crippen molar-refractivity contribution in [3.8, 4) is 0 Å². The van der Waals surface area contributed by atoms with Crippen LogP contribution in [0.3, 0.4) is 0 Å². The molecule has 0 atom stereocenters. The van der Waals surface area contributed by atoms with Gasteiger partial charge >= 0.3 is 0 Å². The van der Waals surface area contributed by atoms with E-state index in [0.717, 1.165) is 18.7 Å². The van der Waals surface area contributed by atoms with Crippen molar-refractivity contribution in [3.05, 3.63) is 53.7 Å². The van der Waals surface area contributed by atoms with Gasteiger partial charge in [0, 0.05) is 24.0 Å². The summed E-state index contributed by atoms with van der Waals surface area (Å²) in [7, 11) is 4.05. The van der Waals surface area contributed by atoms with Gasteiger partial charge in [-0.2, -0.15) is 0 Å². The van der Waals surface area contributed by atoms with Gasteiger partial charge in [-0.15, -0.1) is 0 Å². The Hall–Kier alpha value is -2.40. The van der Waals surface area contributed by atoms with Gasteiger partial charge in [0.1, 0.15) is 5.82 Å². The van der Waals surface area contributed by atoms with Crippen molar-refractivity contribution in [2.24, 2.45) is 0 Å². The minimum absolute atomic E-state index is 0.0682. The first-order valence-electron chi connectivity index (χ1n) is 8.72. The lowest BCUT2D eigenvalue weighted by Crippen LogP contribution is -2.27. The molecule has 0 aliphatic rings. The number of pyridine rings is 1. The van der Waals surface area contributed by atoms with Crippen LogP contribution < -0.4 is 10.6 Å². The molecular weight excluding hydrogens is 312 g/mol. The summed E-state index contributed by atoms with van der Waals surface area (Å²) < 4.78 is 0. The molecule has 2 aromatic rings. The summed E-state index contributed by atoms with van der Waals surface area (Å²) in [5, 5.41) is 6.29. The highest BCUT2D eigenvalue weighted by Crippen LogP contribution is 2.26. The van der Waals surface area contributed by atoms with Crippen molar-refractivity contribution < 1.29 is 4.79 Å². The minimum atomic E-state index is -0.0682. The molecule has 1 amide bonds. The molecule has 0 radical (unpaired) electrons. The molecular formula is C20H28N4O. The van der Waals surface area contributed by atoms with Gasteiger partial charge in [-0.25, -0.2) is 4.98 Å². The average Bonchev–Trinajstić information content (AvgIpc) is 2.59. The van der Waals surface area contributed by atoms with E-state index in [1.165, 1.54) is 5.56 Å². The molecule has 0 fully saturated rings. The summed E-state index contributed by atoms with van der Waals surface area (Å²) in [5.41, 5.74) is 2.86. The van der Waals surface area contributed by atoms with Crippen LogP contribution >= 0.6 is 0 Å². The molecule has 0 saturated heterocycles. The lowest BCUT2D eigenvalue weighted by molar-refractivity contribution is 0.0952. The van der Waals surface area contributed by atoms with Crippen LogP contribution in [0, 0.1) is 0 Å². The molecule has 1 aromatic heterocycles. The Morgan fingerprint density at radius 3 is 2.68 bits per heavy atom. The number of nitrogens with zero attached hydrogens (tertiary/aromatic N) is 2. The Kier molecular flexibility index (Phi) is 6.95. The van der Waals surface area contributed by atoms with Gasteiger partial charge in [-0.05, 0) is 56.7 Å². The number of anilines is 2. The number of carbonyl (C=O) groups is 1. The Bertz CT molecular complexity index is 698. The summed E-state index contributed by atoms with van der Waals surface area (Å²) in [6.07, 6.45) is 2.59. The Balaban J connectivity index is 2.03. The molecule has 2 N–H and O–H groups in total. The monoisotopic (exact) mass is 340 g/mol. The van der Waals surface area contributed by atoms with E-state index in [9.17, 15) is 4.79 Å². The summed E-state index contributed by atoms with van der Waals surface area (Å²) in [6.45, 7) is 5.94. The first kappa shape index (κ1) is 18.9. The number of carbonyl (C=O) groups excluding carboxylic acids is 1. The van der Waals surface area contributed by atoms with Crippen LogP contribution in [0.1, 0.15) is 42.1 Å². The molecule has 5 nitrogen and oxygen atoms in total. The maximum atomic E-state index is 12.3. The fourth-order valence-electron chi connectivity index (χ4n) is 2.59. The molecule has 0 aliphatic carbocycles. The Morgan fingerprint density at radius 1 is 1.20 bits per heavy atom. The van der Waals surface area contributed by atoms with Crippen molar-refractivity contribution in [2.75, 3.05) is 32.5 Å². The first-order valence-corrected chi connectivity index (χ1v) is 8.72. The zero-order chi connectivity index (χ0) is 18.2. The molecule has 0 aliphatic heterocycles. The molecule has 2 rings (SSSR count). The molecule has 25 heavy (non-hydrogen) atoms. The first-order chi connectivity index (χ1) is 12.0. The number of rotatable bonds is 8. The molecule has 0 saturated carbocycles.